The highest BCUT2D eigenvalue weighted by Gasteiger charge is 2.44. The van der Waals surface area contributed by atoms with Crippen molar-refractivity contribution in [1.82, 2.24) is 10.2 Å². The zero-order valence-corrected chi connectivity index (χ0v) is 13.4. The molecular weight excluding hydrogens is 288 g/mol. The predicted molar refractivity (Wildman–Crippen MR) is 81.8 cm³/mol. The summed E-state index contributed by atoms with van der Waals surface area (Å²) in [7, 11) is -2.98. The summed E-state index contributed by atoms with van der Waals surface area (Å²) in [6.45, 7) is 2.49. The van der Waals surface area contributed by atoms with Gasteiger partial charge < -0.3 is 10.2 Å². The summed E-state index contributed by atoms with van der Waals surface area (Å²) in [5.41, 5.74) is 0. The number of sulfone groups is 1. The van der Waals surface area contributed by atoms with Crippen LogP contribution in [-0.4, -0.2) is 55.9 Å². The van der Waals surface area contributed by atoms with Gasteiger partial charge in [-0.1, -0.05) is 12.8 Å². The lowest BCUT2D eigenvalue weighted by Gasteiger charge is -2.43. The van der Waals surface area contributed by atoms with Gasteiger partial charge in [-0.15, -0.1) is 0 Å². The van der Waals surface area contributed by atoms with E-state index in [2.05, 4.69) is 5.32 Å². The topological polar surface area (TPSA) is 66.5 Å². The lowest BCUT2D eigenvalue weighted by Crippen LogP contribution is -2.57. The molecule has 2 heterocycles. The molecule has 2 saturated heterocycles. The lowest BCUT2D eigenvalue weighted by molar-refractivity contribution is -0.134. The van der Waals surface area contributed by atoms with Crippen molar-refractivity contribution < 1.29 is 13.2 Å². The normalized spacial score (nSPS) is 35.4. The van der Waals surface area contributed by atoms with Crippen LogP contribution in [0.15, 0.2) is 0 Å². The molecule has 6 heteroatoms. The van der Waals surface area contributed by atoms with Crippen LogP contribution in [0.3, 0.4) is 0 Å². The van der Waals surface area contributed by atoms with Crippen LogP contribution >= 0.6 is 0 Å². The maximum absolute atomic E-state index is 12.5. The molecular formula is C15H26N2O3S. The highest BCUT2D eigenvalue weighted by Crippen LogP contribution is 2.32. The third-order valence-electron chi connectivity index (χ3n) is 5.40. The van der Waals surface area contributed by atoms with Crippen LogP contribution in [0.25, 0.3) is 0 Å². The van der Waals surface area contributed by atoms with Gasteiger partial charge in [0, 0.05) is 19.0 Å². The molecule has 1 saturated carbocycles. The van der Waals surface area contributed by atoms with E-state index in [1.165, 1.54) is 0 Å². The summed E-state index contributed by atoms with van der Waals surface area (Å²) < 4.78 is 24.4. The standard InChI is InChI=1S/C15H26N2O3S/c18-15(6-5-12-7-8-16-11-12)17-9-10-21(19,20)14-4-2-1-3-13(14)17/h12-14,16H,1-11H2. The SMILES string of the molecule is O=C(CCC1CCNC1)N1CCS(=O)(=O)C2CCCCC21. The molecule has 0 bridgehead atoms. The van der Waals surface area contributed by atoms with E-state index in [0.717, 1.165) is 51.6 Å². The smallest absolute Gasteiger partial charge is 0.222 e. The Kier molecular flexibility index (Phi) is 4.54. The minimum absolute atomic E-state index is 0.0493. The number of amides is 1. The first-order valence-corrected chi connectivity index (χ1v) is 10.0. The molecule has 1 amide bonds. The monoisotopic (exact) mass is 314 g/mol. The molecule has 3 rings (SSSR count). The fourth-order valence-corrected chi connectivity index (χ4v) is 6.18. The third kappa shape index (κ3) is 3.26. The second-order valence-electron chi connectivity index (χ2n) is 6.74. The Bertz CT molecular complexity index is 485. The molecule has 3 aliphatic rings. The fraction of sp³-hybridized carbons (Fsp3) is 0.933. The fourth-order valence-electron chi connectivity index (χ4n) is 4.14. The van der Waals surface area contributed by atoms with Gasteiger partial charge in [0.25, 0.3) is 0 Å². The van der Waals surface area contributed by atoms with Crippen LogP contribution in [0.5, 0.6) is 0 Å². The Hall–Kier alpha value is -0.620. The van der Waals surface area contributed by atoms with E-state index in [1.807, 2.05) is 4.90 Å². The third-order valence-corrected chi connectivity index (χ3v) is 7.62. The quantitative estimate of drug-likeness (QED) is 0.842. The molecule has 120 valence electrons. The van der Waals surface area contributed by atoms with E-state index in [4.69, 9.17) is 0 Å². The van der Waals surface area contributed by atoms with Gasteiger partial charge in [0.2, 0.25) is 5.91 Å². The van der Waals surface area contributed by atoms with Gasteiger partial charge in [-0.2, -0.15) is 0 Å². The Labute approximate surface area is 127 Å². The zero-order valence-electron chi connectivity index (χ0n) is 12.6. The lowest BCUT2D eigenvalue weighted by atomic mass is 9.92. The molecule has 3 unspecified atom stereocenters. The van der Waals surface area contributed by atoms with Crippen molar-refractivity contribution in [3.63, 3.8) is 0 Å². The molecule has 3 atom stereocenters. The van der Waals surface area contributed by atoms with Crippen LogP contribution in [0.4, 0.5) is 0 Å². The van der Waals surface area contributed by atoms with Gasteiger partial charge in [0.15, 0.2) is 9.84 Å². The molecule has 5 nitrogen and oxygen atoms in total. The maximum atomic E-state index is 12.5. The highest BCUT2D eigenvalue weighted by molar-refractivity contribution is 7.92. The molecule has 21 heavy (non-hydrogen) atoms. The Morgan fingerprint density at radius 3 is 2.76 bits per heavy atom. The van der Waals surface area contributed by atoms with Crippen LogP contribution < -0.4 is 5.32 Å². The van der Waals surface area contributed by atoms with E-state index in [0.29, 0.717) is 18.9 Å². The number of carbonyl (C=O) groups excluding carboxylic acids is 1. The van der Waals surface area contributed by atoms with Crippen molar-refractivity contribution in [3.05, 3.63) is 0 Å². The Morgan fingerprint density at radius 1 is 1.19 bits per heavy atom. The van der Waals surface area contributed by atoms with Crippen LogP contribution in [0, 0.1) is 5.92 Å². The van der Waals surface area contributed by atoms with Crippen molar-refractivity contribution in [2.24, 2.45) is 5.92 Å². The molecule has 2 aliphatic heterocycles. The minimum atomic E-state index is -2.98. The van der Waals surface area contributed by atoms with Gasteiger partial charge >= 0.3 is 0 Å². The predicted octanol–water partition coefficient (Wildman–Crippen LogP) is 0.944. The van der Waals surface area contributed by atoms with Gasteiger partial charge in [0.05, 0.1) is 11.0 Å². The number of fused-ring (bicyclic) bond motifs is 1. The minimum Gasteiger partial charge on any atom is -0.337 e. The average Bonchev–Trinajstić information content (AvgIpc) is 2.98. The maximum Gasteiger partial charge on any atom is 0.222 e. The molecule has 0 aromatic carbocycles. The van der Waals surface area contributed by atoms with Gasteiger partial charge in [-0.3, -0.25) is 4.79 Å². The number of nitrogens with one attached hydrogen (secondary N) is 1. The number of rotatable bonds is 3. The van der Waals surface area contributed by atoms with Gasteiger partial charge in [-0.25, -0.2) is 8.42 Å². The first kappa shape index (κ1) is 15.3. The number of hydrogen-bond donors (Lipinski definition) is 1. The second kappa shape index (κ2) is 6.24. The number of carbonyl (C=O) groups is 1. The largest absolute Gasteiger partial charge is 0.337 e. The van der Waals surface area contributed by atoms with Gasteiger partial charge in [-0.05, 0) is 44.7 Å². The van der Waals surface area contributed by atoms with E-state index >= 15 is 0 Å². The summed E-state index contributed by atoms with van der Waals surface area (Å²) in [5.74, 6) is 0.948. The number of nitrogens with zero attached hydrogens (tertiary/aromatic N) is 1. The summed E-state index contributed by atoms with van der Waals surface area (Å²) in [6.07, 6.45) is 6.31. The van der Waals surface area contributed by atoms with E-state index in [1.54, 1.807) is 0 Å². The first-order chi connectivity index (χ1) is 10.1. The molecule has 0 radical (unpaired) electrons. The zero-order chi connectivity index (χ0) is 14.9. The van der Waals surface area contributed by atoms with Crippen molar-refractivity contribution in [2.75, 3.05) is 25.4 Å². The van der Waals surface area contributed by atoms with E-state index < -0.39 is 9.84 Å². The van der Waals surface area contributed by atoms with E-state index in [-0.39, 0.29) is 23.0 Å². The van der Waals surface area contributed by atoms with Crippen LogP contribution in [0.2, 0.25) is 0 Å². The van der Waals surface area contributed by atoms with Crippen molar-refractivity contribution in [2.45, 2.75) is 56.2 Å². The molecule has 0 aromatic heterocycles. The number of hydrogen-bond acceptors (Lipinski definition) is 4. The Morgan fingerprint density at radius 2 is 2.00 bits per heavy atom. The van der Waals surface area contributed by atoms with E-state index in [9.17, 15) is 13.2 Å². The summed E-state index contributed by atoms with van der Waals surface area (Å²) in [4.78, 5) is 14.4. The van der Waals surface area contributed by atoms with Crippen LogP contribution in [-0.2, 0) is 14.6 Å². The van der Waals surface area contributed by atoms with Crippen molar-refractivity contribution in [3.8, 4) is 0 Å². The summed E-state index contributed by atoms with van der Waals surface area (Å²) >= 11 is 0. The first-order valence-electron chi connectivity index (χ1n) is 8.30. The second-order valence-corrected chi connectivity index (χ2v) is 9.08. The van der Waals surface area contributed by atoms with Gasteiger partial charge in [0.1, 0.15) is 0 Å². The average molecular weight is 314 g/mol. The highest BCUT2D eigenvalue weighted by atomic mass is 32.2. The molecule has 1 N–H and O–H groups in total. The molecule has 1 aliphatic carbocycles. The van der Waals surface area contributed by atoms with Crippen LogP contribution in [0.1, 0.15) is 44.9 Å². The van der Waals surface area contributed by atoms with Crippen molar-refractivity contribution in [1.29, 1.82) is 0 Å². The molecule has 0 spiro atoms. The summed E-state index contributed by atoms with van der Waals surface area (Å²) in [5, 5.41) is 3.03. The Balaban J connectivity index is 1.62. The molecule has 0 aromatic rings. The molecule has 3 fully saturated rings. The van der Waals surface area contributed by atoms with Crippen molar-refractivity contribution >= 4 is 15.7 Å². The summed E-state index contributed by atoms with van der Waals surface area (Å²) in [6, 6.07) is -0.0493.